The molecule has 2 heteroatoms. The molecule has 2 nitrogen and oxygen atoms in total. The topological polar surface area (TPSA) is 6.48 Å². The molecule has 0 saturated carbocycles. The Bertz CT molecular complexity index is 3050. The van der Waals surface area contributed by atoms with E-state index < -0.39 is 0 Å². The molecule has 1 aliphatic carbocycles. The summed E-state index contributed by atoms with van der Waals surface area (Å²) in [6.07, 6.45) is 0. The molecule has 57 heavy (non-hydrogen) atoms. The first-order valence-corrected chi connectivity index (χ1v) is 20.1. The number of hydrogen-bond donors (Lipinski definition) is 0. The van der Waals surface area contributed by atoms with Crippen molar-refractivity contribution >= 4 is 66.4 Å². The zero-order valence-electron chi connectivity index (χ0n) is 33.6. The van der Waals surface area contributed by atoms with Gasteiger partial charge in [0, 0.05) is 38.6 Å². The predicted octanol–water partition coefficient (Wildman–Crippen LogP) is 15.6. The summed E-state index contributed by atoms with van der Waals surface area (Å²) in [6, 6.07) is 63.3. The van der Waals surface area contributed by atoms with Crippen LogP contribution in [0.4, 0.5) is 34.1 Å². The van der Waals surface area contributed by atoms with E-state index in [-0.39, 0.29) is 5.41 Å². The van der Waals surface area contributed by atoms with Gasteiger partial charge in [-0.3, -0.25) is 0 Å². The van der Waals surface area contributed by atoms with Crippen LogP contribution in [-0.2, 0) is 5.41 Å². The molecule has 0 aromatic heterocycles. The third kappa shape index (κ3) is 5.54. The summed E-state index contributed by atoms with van der Waals surface area (Å²) in [5.41, 5.74) is 17.2. The van der Waals surface area contributed by atoms with Gasteiger partial charge >= 0.3 is 0 Å². The number of hydrogen-bond acceptors (Lipinski definition) is 2. The average molecular weight is 735 g/mol. The van der Waals surface area contributed by atoms with Crippen LogP contribution in [0.1, 0.15) is 47.2 Å². The Morgan fingerprint density at radius 2 is 0.825 bits per heavy atom. The Morgan fingerprint density at radius 1 is 0.351 bits per heavy atom. The summed E-state index contributed by atoms with van der Waals surface area (Å²) in [4.78, 5) is 4.96. The van der Waals surface area contributed by atoms with Crippen molar-refractivity contribution in [3.05, 3.63) is 203 Å². The van der Waals surface area contributed by atoms with Crippen LogP contribution in [0.3, 0.4) is 0 Å². The van der Waals surface area contributed by atoms with Crippen molar-refractivity contribution in [1.29, 1.82) is 0 Å². The lowest BCUT2D eigenvalue weighted by Crippen LogP contribution is -2.18. The largest absolute Gasteiger partial charge is 0.310 e. The molecule has 0 amide bonds. The Morgan fingerprint density at radius 3 is 1.42 bits per heavy atom. The second kappa shape index (κ2) is 13.2. The fourth-order valence-corrected chi connectivity index (χ4v) is 9.25. The molecule has 0 aliphatic heterocycles. The van der Waals surface area contributed by atoms with Gasteiger partial charge in [-0.15, -0.1) is 0 Å². The fraction of sp³-hybridized carbons (Fsp3) is 0.127. The Balaban J connectivity index is 1.21. The molecule has 9 aromatic carbocycles. The second-order valence-electron chi connectivity index (χ2n) is 16.4. The van der Waals surface area contributed by atoms with Gasteiger partial charge in [-0.2, -0.15) is 0 Å². The molecule has 0 atom stereocenters. The van der Waals surface area contributed by atoms with Gasteiger partial charge in [0.25, 0.3) is 0 Å². The van der Waals surface area contributed by atoms with Gasteiger partial charge in [0.15, 0.2) is 0 Å². The molecule has 10 rings (SSSR count). The highest BCUT2D eigenvalue weighted by atomic mass is 15.2. The van der Waals surface area contributed by atoms with E-state index in [0.29, 0.717) is 0 Å². The minimum Gasteiger partial charge on any atom is -0.310 e. The first-order chi connectivity index (χ1) is 27.7. The molecule has 0 bridgehead atoms. The maximum Gasteiger partial charge on any atom is 0.0543 e. The number of fused-ring (bicyclic) bond motifs is 7. The van der Waals surface area contributed by atoms with Gasteiger partial charge in [0.05, 0.1) is 17.1 Å². The van der Waals surface area contributed by atoms with Crippen molar-refractivity contribution in [2.75, 3.05) is 9.80 Å². The van der Waals surface area contributed by atoms with E-state index >= 15 is 0 Å². The fourth-order valence-electron chi connectivity index (χ4n) is 9.25. The molecular formula is C55H46N2. The van der Waals surface area contributed by atoms with Crippen molar-refractivity contribution in [2.24, 2.45) is 0 Å². The van der Waals surface area contributed by atoms with E-state index in [2.05, 4.69) is 221 Å². The van der Waals surface area contributed by atoms with Crippen LogP contribution in [0.15, 0.2) is 170 Å². The van der Waals surface area contributed by atoms with E-state index in [1.807, 2.05) is 0 Å². The van der Waals surface area contributed by atoms with Gasteiger partial charge in [-0.1, -0.05) is 129 Å². The third-order valence-electron chi connectivity index (χ3n) is 12.7. The van der Waals surface area contributed by atoms with Crippen LogP contribution < -0.4 is 9.80 Å². The molecule has 276 valence electrons. The molecule has 0 unspecified atom stereocenters. The summed E-state index contributed by atoms with van der Waals surface area (Å²) < 4.78 is 0. The van der Waals surface area contributed by atoms with E-state index in [4.69, 9.17) is 0 Å². The zero-order chi connectivity index (χ0) is 39.0. The molecule has 0 radical (unpaired) electrons. The molecule has 0 N–H and O–H groups in total. The van der Waals surface area contributed by atoms with Gasteiger partial charge in [0.2, 0.25) is 0 Å². The zero-order valence-corrected chi connectivity index (χ0v) is 33.6. The van der Waals surface area contributed by atoms with Crippen LogP contribution in [0.25, 0.3) is 43.4 Å². The van der Waals surface area contributed by atoms with Crippen LogP contribution in [0, 0.1) is 27.7 Å². The van der Waals surface area contributed by atoms with E-state index in [1.54, 1.807) is 0 Å². The number of aryl methyl sites for hydroxylation is 4. The van der Waals surface area contributed by atoms with Crippen molar-refractivity contribution < 1.29 is 0 Å². The SMILES string of the molecule is Cc1ccc(N(c2ccc3c(c2)C(C)(C)c2cc(N(c4ccc(C)c(C)c4)c4cccc5ccccc45)c4ccccc4c2-3)c2cccc3ccccc23)cc1C. The van der Waals surface area contributed by atoms with Gasteiger partial charge in [-0.05, 0) is 143 Å². The van der Waals surface area contributed by atoms with Crippen molar-refractivity contribution in [2.45, 2.75) is 47.0 Å². The third-order valence-corrected chi connectivity index (χ3v) is 12.7. The summed E-state index contributed by atoms with van der Waals surface area (Å²) in [5.74, 6) is 0. The summed E-state index contributed by atoms with van der Waals surface area (Å²) in [7, 11) is 0. The number of nitrogens with zero attached hydrogens (tertiary/aromatic N) is 2. The first-order valence-electron chi connectivity index (χ1n) is 20.1. The smallest absolute Gasteiger partial charge is 0.0543 e. The molecule has 0 spiro atoms. The lowest BCUT2D eigenvalue weighted by molar-refractivity contribution is 0.661. The molecule has 1 aliphatic rings. The van der Waals surface area contributed by atoms with Crippen molar-refractivity contribution in [3.8, 4) is 11.1 Å². The highest BCUT2D eigenvalue weighted by molar-refractivity contribution is 6.12. The van der Waals surface area contributed by atoms with E-state index in [1.165, 1.54) is 93.9 Å². The Labute approximate surface area is 336 Å². The lowest BCUT2D eigenvalue weighted by Gasteiger charge is -2.31. The van der Waals surface area contributed by atoms with Crippen LogP contribution in [0.2, 0.25) is 0 Å². The van der Waals surface area contributed by atoms with Crippen molar-refractivity contribution in [3.63, 3.8) is 0 Å². The Hall–Kier alpha value is -6.64. The van der Waals surface area contributed by atoms with Gasteiger partial charge in [0.1, 0.15) is 0 Å². The number of rotatable bonds is 6. The molecule has 0 fully saturated rings. The first kappa shape index (κ1) is 34.8. The quantitative estimate of drug-likeness (QED) is 0.168. The standard InChI is InChI=1S/C55H46N2/c1-35-25-27-41(31-37(35)3)56(51-23-13-17-39-15-7-9-19-44(39)51)43-29-30-48-49(33-43)55(5,6)50-34-53(46-21-11-12-22-47(46)54(48)50)57(42-28-26-36(2)38(4)32-42)52-24-14-18-40-16-8-10-20-45(40)52/h7-34H,1-6H3. The lowest BCUT2D eigenvalue weighted by atomic mass is 9.81. The van der Waals surface area contributed by atoms with Crippen molar-refractivity contribution in [1.82, 2.24) is 0 Å². The highest BCUT2D eigenvalue weighted by Gasteiger charge is 2.39. The van der Waals surface area contributed by atoms with Crippen LogP contribution >= 0.6 is 0 Å². The molecule has 9 aromatic rings. The maximum atomic E-state index is 2.50. The number of anilines is 6. The summed E-state index contributed by atoms with van der Waals surface area (Å²) >= 11 is 0. The maximum absolute atomic E-state index is 2.50. The normalized spacial score (nSPS) is 12.9. The van der Waals surface area contributed by atoms with Crippen LogP contribution in [0.5, 0.6) is 0 Å². The minimum absolute atomic E-state index is 0.277. The molecule has 0 saturated heterocycles. The van der Waals surface area contributed by atoms with Gasteiger partial charge in [-0.25, -0.2) is 0 Å². The predicted molar refractivity (Wildman–Crippen MR) is 245 cm³/mol. The minimum atomic E-state index is -0.277. The van der Waals surface area contributed by atoms with E-state index in [9.17, 15) is 0 Å². The summed E-state index contributed by atoms with van der Waals surface area (Å²) in [5, 5.41) is 7.44. The summed E-state index contributed by atoms with van der Waals surface area (Å²) in [6.45, 7) is 13.6. The molecule has 0 heterocycles. The average Bonchev–Trinajstić information content (AvgIpc) is 3.46. The highest BCUT2D eigenvalue weighted by Crippen LogP contribution is 2.56. The second-order valence-corrected chi connectivity index (χ2v) is 16.4. The van der Waals surface area contributed by atoms with Gasteiger partial charge < -0.3 is 9.80 Å². The van der Waals surface area contributed by atoms with Crippen LogP contribution in [-0.4, -0.2) is 0 Å². The monoisotopic (exact) mass is 734 g/mol. The number of benzene rings is 9. The molecular weight excluding hydrogens is 689 g/mol. The Kier molecular flexibility index (Phi) is 8.09. The van der Waals surface area contributed by atoms with E-state index in [0.717, 1.165) is 17.1 Å².